The fraction of sp³-hybridized carbons (Fsp3) is 0.440. The van der Waals surface area contributed by atoms with Crippen molar-refractivity contribution in [1.82, 2.24) is 10.2 Å². The maximum absolute atomic E-state index is 13.6. The van der Waals surface area contributed by atoms with Crippen LogP contribution in [0.4, 0.5) is 5.69 Å². The van der Waals surface area contributed by atoms with Crippen molar-refractivity contribution >= 4 is 50.7 Å². The number of hydrogen-bond donors (Lipinski definition) is 1. The number of sulfonamides is 1. The Morgan fingerprint density at radius 2 is 1.69 bits per heavy atom. The second kappa shape index (κ2) is 12.1. The topological polar surface area (TPSA) is 86.8 Å². The van der Waals surface area contributed by atoms with Crippen molar-refractivity contribution in [2.75, 3.05) is 17.1 Å². The summed E-state index contributed by atoms with van der Waals surface area (Å²) in [5.41, 5.74) is 2.66. The first-order valence-electron chi connectivity index (χ1n) is 11.3. The van der Waals surface area contributed by atoms with Gasteiger partial charge in [-0.15, -0.1) is 0 Å². The lowest BCUT2D eigenvalue weighted by molar-refractivity contribution is -0.139. The first kappa shape index (κ1) is 28.9. The van der Waals surface area contributed by atoms with E-state index < -0.39 is 28.5 Å². The molecule has 0 spiro atoms. The van der Waals surface area contributed by atoms with Crippen molar-refractivity contribution in [3.8, 4) is 0 Å². The molecule has 0 aliphatic rings. The van der Waals surface area contributed by atoms with Crippen LogP contribution in [0.15, 0.2) is 36.4 Å². The number of anilines is 1. The van der Waals surface area contributed by atoms with E-state index in [1.807, 2.05) is 32.9 Å². The van der Waals surface area contributed by atoms with Gasteiger partial charge in [-0.05, 0) is 69.0 Å². The Morgan fingerprint density at radius 3 is 2.26 bits per heavy atom. The summed E-state index contributed by atoms with van der Waals surface area (Å²) in [7, 11) is -3.79. The minimum atomic E-state index is -3.79. The van der Waals surface area contributed by atoms with Gasteiger partial charge < -0.3 is 10.2 Å². The second-order valence-corrected chi connectivity index (χ2v) is 11.5. The van der Waals surface area contributed by atoms with Crippen molar-refractivity contribution in [3.63, 3.8) is 0 Å². The first-order valence-corrected chi connectivity index (χ1v) is 13.9. The van der Waals surface area contributed by atoms with Crippen LogP contribution in [-0.4, -0.2) is 50.0 Å². The van der Waals surface area contributed by atoms with E-state index in [1.165, 1.54) is 4.90 Å². The van der Waals surface area contributed by atoms with E-state index in [-0.39, 0.29) is 18.5 Å². The van der Waals surface area contributed by atoms with Gasteiger partial charge >= 0.3 is 0 Å². The largest absolute Gasteiger partial charge is 0.352 e. The number of rotatable bonds is 10. The summed E-state index contributed by atoms with van der Waals surface area (Å²) in [4.78, 5) is 27.9. The monoisotopic (exact) mass is 541 g/mol. The van der Waals surface area contributed by atoms with Gasteiger partial charge in [0.15, 0.2) is 0 Å². The van der Waals surface area contributed by atoms with Crippen LogP contribution in [0.2, 0.25) is 10.0 Å². The van der Waals surface area contributed by atoms with Gasteiger partial charge in [-0.1, -0.05) is 48.3 Å². The predicted octanol–water partition coefficient (Wildman–Crippen LogP) is 4.71. The molecule has 1 N–H and O–H groups in total. The molecule has 2 atom stereocenters. The molecule has 7 nitrogen and oxygen atoms in total. The average Bonchev–Trinajstić information content (AvgIpc) is 2.78. The number of nitrogens with zero attached hydrogens (tertiary/aromatic N) is 2. The molecule has 10 heteroatoms. The molecule has 0 aromatic heterocycles. The van der Waals surface area contributed by atoms with Gasteiger partial charge in [0.05, 0.1) is 22.0 Å². The highest BCUT2D eigenvalue weighted by molar-refractivity contribution is 7.92. The van der Waals surface area contributed by atoms with E-state index in [0.717, 1.165) is 22.5 Å². The minimum Gasteiger partial charge on any atom is -0.352 e. The number of benzene rings is 2. The van der Waals surface area contributed by atoms with Crippen LogP contribution in [0, 0.1) is 13.8 Å². The standard InChI is InChI=1S/C25H33Cl2N3O4S/c1-7-18(4)28-25(32)19(5)29(14-20-10-11-21(26)22(27)13-20)24(31)15-30(35(6,33)34)23-12-16(2)8-9-17(23)3/h8-13,18-19H,7,14-15H2,1-6H3,(H,28,32)/t18-,19-/m0/s1. The zero-order valence-electron chi connectivity index (χ0n) is 20.9. The van der Waals surface area contributed by atoms with Crippen molar-refractivity contribution in [2.45, 2.75) is 59.7 Å². The Hall–Kier alpha value is -2.29. The molecule has 0 aliphatic heterocycles. The number of nitrogens with one attached hydrogen (secondary N) is 1. The van der Waals surface area contributed by atoms with Crippen LogP contribution in [0.3, 0.4) is 0 Å². The number of carbonyl (C=O) groups excluding carboxylic acids is 2. The maximum Gasteiger partial charge on any atom is 0.244 e. The molecule has 0 heterocycles. The van der Waals surface area contributed by atoms with Crippen molar-refractivity contribution in [1.29, 1.82) is 0 Å². The second-order valence-electron chi connectivity index (χ2n) is 8.82. The molecule has 2 rings (SSSR count). The normalized spacial score (nSPS) is 13.1. The molecule has 0 saturated carbocycles. The van der Waals surface area contributed by atoms with Gasteiger partial charge in [0, 0.05) is 12.6 Å². The number of amides is 2. The molecule has 0 fully saturated rings. The average molecular weight is 543 g/mol. The summed E-state index contributed by atoms with van der Waals surface area (Å²) >= 11 is 12.2. The Morgan fingerprint density at radius 1 is 1.03 bits per heavy atom. The quantitative estimate of drug-likeness (QED) is 0.471. The molecule has 0 unspecified atom stereocenters. The third-order valence-corrected chi connectivity index (χ3v) is 7.68. The van der Waals surface area contributed by atoms with E-state index >= 15 is 0 Å². The fourth-order valence-corrected chi connectivity index (χ4v) is 4.69. The van der Waals surface area contributed by atoms with E-state index in [9.17, 15) is 18.0 Å². The van der Waals surface area contributed by atoms with Crippen LogP contribution in [-0.2, 0) is 26.2 Å². The SMILES string of the molecule is CC[C@H](C)NC(=O)[C@H](C)N(Cc1ccc(Cl)c(Cl)c1)C(=O)CN(c1cc(C)ccc1C)S(C)(=O)=O. The Balaban J connectivity index is 2.45. The van der Waals surface area contributed by atoms with E-state index in [4.69, 9.17) is 23.2 Å². The molecular weight excluding hydrogens is 509 g/mol. The maximum atomic E-state index is 13.6. The number of aryl methyl sites for hydroxylation is 2. The minimum absolute atomic E-state index is 0.0508. The summed E-state index contributed by atoms with van der Waals surface area (Å²) < 4.78 is 26.5. The number of hydrogen-bond acceptors (Lipinski definition) is 4. The van der Waals surface area contributed by atoms with Gasteiger partial charge in [0.1, 0.15) is 12.6 Å². The molecule has 2 aromatic rings. The smallest absolute Gasteiger partial charge is 0.244 e. The first-order chi connectivity index (χ1) is 16.2. The number of carbonyl (C=O) groups is 2. The highest BCUT2D eigenvalue weighted by Crippen LogP contribution is 2.26. The van der Waals surface area contributed by atoms with Gasteiger partial charge in [-0.25, -0.2) is 8.42 Å². The molecule has 35 heavy (non-hydrogen) atoms. The highest BCUT2D eigenvalue weighted by atomic mass is 35.5. The van der Waals surface area contributed by atoms with Crippen LogP contribution < -0.4 is 9.62 Å². The summed E-state index contributed by atoms with van der Waals surface area (Å²) in [6.45, 7) is 8.68. The highest BCUT2D eigenvalue weighted by Gasteiger charge is 2.31. The van der Waals surface area contributed by atoms with Gasteiger partial charge in [-0.3, -0.25) is 13.9 Å². The molecule has 192 valence electrons. The lowest BCUT2D eigenvalue weighted by Crippen LogP contribution is -2.52. The molecule has 0 bridgehead atoms. The molecule has 0 saturated heterocycles. The van der Waals surface area contributed by atoms with Crippen molar-refractivity contribution in [3.05, 3.63) is 63.1 Å². The Bertz CT molecular complexity index is 1190. The van der Waals surface area contributed by atoms with E-state index in [1.54, 1.807) is 38.1 Å². The summed E-state index contributed by atoms with van der Waals surface area (Å²) in [5, 5.41) is 3.58. The van der Waals surface area contributed by atoms with Crippen LogP contribution in [0.1, 0.15) is 43.9 Å². The van der Waals surface area contributed by atoms with Crippen molar-refractivity contribution < 1.29 is 18.0 Å². The van der Waals surface area contributed by atoms with Crippen molar-refractivity contribution in [2.24, 2.45) is 0 Å². The zero-order valence-corrected chi connectivity index (χ0v) is 23.3. The fourth-order valence-electron chi connectivity index (χ4n) is 3.47. The third kappa shape index (κ3) is 7.85. The lowest BCUT2D eigenvalue weighted by Gasteiger charge is -2.32. The number of halogens is 2. The third-order valence-electron chi connectivity index (χ3n) is 5.82. The van der Waals surface area contributed by atoms with Crippen LogP contribution in [0.5, 0.6) is 0 Å². The lowest BCUT2D eigenvalue weighted by atomic mass is 10.1. The summed E-state index contributed by atoms with van der Waals surface area (Å²) in [6.07, 6.45) is 1.79. The molecular formula is C25H33Cl2N3O4S. The molecule has 0 radical (unpaired) electrons. The summed E-state index contributed by atoms with van der Waals surface area (Å²) in [5.74, 6) is -0.848. The van der Waals surface area contributed by atoms with E-state index in [0.29, 0.717) is 26.9 Å². The predicted molar refractivity (Wildman–Crippen MR) is 142 cm³/mol. The zero-order chi connectivity index (χ0) is 26.5. The summed E-state index contributed by atoms with van der Waals surface area (Å²) in [6, 6.07) is 9.44. The van der Waals surface area contributed by atoms with Gasteiger partial charge in [0.2, 0.25) is 21.8 Å². The molecule has 0 aliphatic carbocycles. The molecule has 2 aromatic carbocycles. The molecule has 2 amide bonds. The van der Waals surface area contributed by atoms with Crippen LogP contribution in [0.25, 0.3) is 0 Å². The van der Waals surface area contributed by atoms with Crippen LogP contribution >= 0.6 is 23.2 Å². The Kier molecular flexibility index (Phi) is 10.0. The van der Waals surface area contributed by atoms with Gasteiger partial charge in [0.25, 0.3) is 0 Å². The van der Waals surface area contributed by atoms with Gasteiger partial charge in [-0.2, -0.15) is 0 Å². The van der Waals surface area contributed by atoms with E-state index in [2.05, 4.69) is 5.32 Å². The Labute approximate surface area is 218 Å².